The van der Waals surface area contributed by atoms with E-state index >= 15 is 0 Å². The van der Waals surface area contributed by atoms with Gasteiger partial charge in [-0.3, -0.25) is 14.6 Å². The lowest BCUT2D eigenvalue weighted by atomic mass is 10.2. The molecule has 0 bridgehead atoms. The number of amides is 1. The van der Waals surface area contributed by atoms with Crippen LogP contribution in [0.25, 0.3) is 0 Å². The molecule has 0 atom stereocenters. The van der Waals surface area contributed by atoms with Gasteiger partial charge in [0, 0.05) is 45.8 Å². The molecule has 1 aromatic carbocycles. The highest BCUT2D eigenvalue weighted by Crippen LogP contribution is 2.24. The Morgan fingerprint density at radius 2 is 1.62 bits per heavy atom. The van der Waals surface area contributed by atoms with Gasteiger partial charge >= 0.3 is 0 Å². The van der Waals surface area contributed by atoms with Crippen LogP contribution in [0.4, 0.5) is 4.39 Å². The molecule has 0 spiro atoms. The Labute approximate surface area is 200 Å². The number of aromatic nitrogens is 1. The first-order valence-electron chi connectivity index (χ1n) is 11.6. The summed E-state index contributed by atoms with van der Waals surface area (Å²) in [5.41, 5.74) is 1.43. The molecular formula is C23H32FN5O4S. The molecule has 0 unspecified atom stereocenters. The lowest BCUT2D eigenvalue weighted by molar-refractivity contribution is -0.133. The Kier molecular flexibility index (Phi) is 7.66. The highest BCUT2D eigenvalue weighted by Gasteiger charge is 2.34. The minimum atomic E-state index is -3.69. The van der Waals surface area contributed by atoms with Crippen LogP contribution in [0.15, 0.2) is 33.7 Å². The lowest BCUT2D eigenvalue weighted by Crippen LogP contribution is -2.52. The smallest absolute Gasteiger partial charge is 0.248 e. The average Bonchev–Trinajstić information content (AvgIpc) is 3.01. The van der Waals surface area contributed by atoms with E-state index in [0.717, 1.165) is 44.7 Å². The molecule has 3 heterocycles. The topological polar surface area (TPSA) is 90.2 Å². The predicted molar refractivity (Wildman–Crippen MR) is 124 cm³/mol. The van der Waals surface area contributed by atoms with Crippen LogP contribution in [0.5, 0.6) is 0 Å². The molecule has 11 heteroatoms. The highest BCUT2D eigenvalue weighted by molar-refractivity contribution is 7.89. The van der Waals surface area contributed by atoms with Gasteiger partial charge in [0.25, 0.3) is 0 Å². The largest absolute Gasteiger partial charge is 0.360 e. The van der Waals surface area contributed by atoms with Crippen LogP contribution in [0.3, 0.4) is 0 Å². The molecular weight excluding hydrogens is 461 g/mol. The molecule has 2 saturated heterocycles. The van der Waals surface area contributed by atoms with Crippen LogP contribution in [0.2, 0.25) is 0 Å². The summed E-state index contributed by atoms with van der Waals surface area (Å²) >= 11 is 0. The number of halogens is 1. The minimum absolute atomic E-state index is 0.0290. The van der Waals surface area contributed by atoms with Crippen molar-refractivity contribution in [3.8, 4) is 0 Å². The first kappa shape index (κ1) is 24.8. The molecule has 2 fully saturated rings. The van der Waals surface area contributed by atoms with Crippen LogP contribution in [0.1, 0.15) is 23.4 Å². The van der Waals surface area contributed by atoms with Crippen molar-refractivity contribution in [2.45, 2.75) is 31.7 Å². The van der Waals surface area contributed by atoms with Crippen molar-refractivity contribution in [3.63, 3.8) is 0 Å². The fourth-order valence-electron chi connectivity index (χ4n) is 4.63. The Morgan fingerprint density at radius 1 is 0.971 bits per heavy atom. The zero-order valence-corrected chi connectivity index (χ0v) is 20.6. The second kappa shape index (κ2) is 10.5. The predicted octanol–water partition coefficient (Wildman–Crippen LogP) is 1.47. The third-order valence-electron chi connectivity index (χ3n) is 6.52. The summed E-state index contributed by atoms with van der Waals surface area (Å²) < 4.78 is 45.6. The van der Waals surface area contributed by atoms with E-state index in [-0.39, 0.29) is 35.5 Å². The molecule has 2 aliphatic heterocycles. The zero-order chi connectivity index (χ0) is 24.3. The van der Waals surface area contributed by atoms with E-state index in [1.54, 1.807) is 18.7 Å². The van der Waals surface area contributed by atoms with Gasteiger partial charge in [-0.05, 0) is 51.1 Å². The van der Waals surface area contributed by atoms with E-state index in [4.69, 9.17) is 4.52 Å². The van der Waals surface area contributed by atoms with E-state index in [1.165, 1.54) is 16.4 Å². The van der Waals surface area contributed by atoms with E-state index in [1.807, 2.05) is 12.1 Å². The van der Waals surface area contributed by atoms with Crippen molar-refractivity contribution >= 4 is 15.9 Å². The van der Waals surface area contributed by atoms with E-state index in [2.05, 4.69) is 15.0 Å². The van der Waals surface area contributed by atoms with Crippen molar-refractivity contribution in [1.82, 2.24) is 24.2 Å². The van der Waals surface area contributed by atoms with Crippen molar-refractivity contribution in [1.29, 1.82) is 0 Å². The fraction of sp³-hybridized carbons (Fsp3) is 0.565. The van der Waals surface area contributed by atoms with Crippen LogP contribution >= 0.6 is 0 Å². The second-order valence-corrected chi connectivity index (χ2v) is 10.8. The molecule has 0 N–H and O–H groups in total. The highest BCUT2D eigenvalue weighted by atomic mass is 32.2. The van der Waals surface area contributed by atoms with Gasteiger partial charge in [-0.25, -0.2) is 12.8 Å². The molecule has 0 aliphatic carbocycles. The van der Waals surface area contributed by atoms with Gasteiger partial charge in [0.2, 0.25) is 15.9 Å². The number of hydrogen-bond acceptors (Lipinski definition) is 7. The number of sulfonamides is 1. The summed E-state index contributed by atoms with van der Waals surface area (Å²) in [5.74, 6) is 0.0819. The minimum Gasteiger partial charge on any atom is -0.360 e. The maximum absolute atomic E-state index is 13.1. The summed E-state index contributed by atoms with van der Waals surface area (Å²) in [4.78, 5) is 19.3. The van der Waals surface area contributed by atoms with Gasteiger partial charge in [-0.2, -0.15) is 4.31 Å². The number of piperazine rings is 1. The van der Waals surface area contributed by atoms with Crippen LogP contribution in [-0.2, 0) is 21.4 Å². The Bertz CT molecular complexity index is 1080. The molecule has 9 nitrogen and oxygen atoms in total. The van der Waals surface area contributed by atoms with Crippen LogP contribution in [0, 0.1) is 19.7 Å². The number of aryl methyl sites for hydroxylation is 2. The molecule has 0 saturated carbocycles. The fourth-order valence-corrected chi connectivity index (χ4v) is 6.34. The number of carbonyl (C=O) groups excluding carboxylic acids is 1. The van der Waals surface area contributed by atoms with E-state index in [9.17, 15) is 17.6 Å². The molecule has 2 aromatic rings. The van der Waals surface area contributed by atoms with Gasteiger partial charge in [-0.15, -0.1) is 0 Å². The molecule has 2 aliphatic rings. The number of nitrogens with zero attached hydrogens (tertiary/aromatic N) is 5. The number of hydrogen-bond donors (Lipinski definition) is 0. The summed E-state index contributed by atoms with van der Waals surface area (Å²) in [6.45, 7) is 8.95. The maximum atomic E-state index is 13.1. The third kappa shape index (κ3) is 5.65. The molecule has 34 heavy (non-hydrogen) atoms. The molecule has 4 rings (SSSR count). The lowest BCUT2D eigenvalue weighted by Gasteiger charge is -2.35. The number of rotatable bonds is 6. The molecule has 1 amide bonds. The summed E-state index contributed by atoms with van der Waals surface area (Å²) in [6, 6.07) is 6.59. The number of carbonyl (C=O) groups is 1. The molecule has 186 valence electrons. The van der Waals surface area contributed by atoms with Crippen molar-refractivity contribution in [3.05, 3.63) is 47.1 Å². The quantitative estimate of drug-likeness (QED) is 0.602. The Morgan fingerprint density at radius 3 is 2.26 bits per heavy atom. The summed E-state index contributed by atoms with van der Waals surface area (Å²) in [7, 11) is -3.69. The van der Waals surface area contributed by atoms with Crippen molar-refractivity contribution < 1.29 is 22.1 Å². The van der Waals surface area contributed by atoms with Gasteiger partial charge in [-0.1, -0.05) is 17.3 Å². The zero-order valence-electron chi connectivity index (χ0n) is 19.7. The van der Waals surface area contributed by atoms with E-state index in [0.29, 0.717) is 25.3 Å². The SMILES string of the molecule is Cc1noc(C)c1S(=O)(=O)N1CCN(C(=O)CN2CCCN(Cc3ccc(F)cc3)CC2)CC1. The first-order chi connectivity index (χ1) is 16.2. The average molecular weight is 494 g/mol. The van der Waals surface area contributed by atoms with E-state index < -0.39 is 10.0 Å². The molecule has 0 radical (unpaired) electrons. The second-order valence-electron chi connectivity index (χ2n) is 8.97. The Balaban J connectivity index is 1.26. The monoisotopic (exact) mass is 493 g/mol. The maximum Gasteiger partial charge on any atom is 0.248 e. The van der Waals surface area contributed by atoms with Crippen LogP contribution in [-0.4, -0.2) is 97.4 Å². The third-order valence-corrected chi connectivity index (χ3v) is 8.66. The molecule has 1 aromatic heterocycles. The van der Waals surface area contributed by atoms with Crippen molar-refractivity contribution in [2.24, 2.45) is 0 Å². The van der Waals surface area contributed by atoms with Gasteiger partial charge < -0.3 is 9.42 Å². The number of benzene rings is 1. The van der Waals surface area contributed by atoms with Gasteiger partial charge in [0.15, 0.2) is 5.76 Å². The Hall–Kier alpha value is -2.34. The van der Waals surface area contributed by atoms with Gasteiger partial charge in [0.1, 0.15) is 16.4 Å². The van der Waals surface area contributed by atoms with Crippen molar-refractivity contribution in [2.75, 3.05) is 58.9 Å². The summed E-state index contributed by atoms with van der Waals surface area (Å²) in [6.07, 6.45) is 0.956. The normalized spacial score (nSPS) is 19.3. The standard InChI is InChI=1S/C23H32FN5O4S/c1-18-23(19(2)33-25-18)34(31,32)29-14-12-28(13-15-29)22(30)17-27-9-3-8-26(10-11-27)16-20-4-6-21(24)7-5-20/h4-7H,3,8-17H2,1-2H3. The van der Waals surface area contributed by atoms with Gasteiger partial charge in [0.05, 0.1) is 6.54 Å². The first-order valence-corrected chi connectivity index (χ1v) is 13.1. The summed E-state index contributed by atoms with van der Waals surface area (Å²) in [5, 5.41) is 3.76. The van der Waals surface area contributed by atoms with Crippen LogP contribution < -0.4 is 0 Å².